The van der Waals surface area contributed by atoms with E-state index in [0.29, 0.717) is 0 Å². The molecule has 0 heterocycles. The molecule has 0 N–H and O–H groups in total. The van der Waals surface area contributed by atoms with Crippen LogP contribution in [0.25, 0.3) is 0 Å². The van der Waals surface area contributed by atoms with Crippen LogP contribution in [-0.4, -0.2) is 26.0 Å². The smallest absolute Gasteiger partial charge is 0.226 e. The van der Waals surface area contributed by atoms with Crippen molar-refractivity contribution >= 4 is 19.9 Å². The van der Waals surface area contributed by atoms with Gasteiger partial charge in [-0.2, -0.15) is 0 Å². The van der Waals surface area contributed by atoms with Gasteiger partial charge < -0.3 is 4.43 Å². The Balaban J connectivity index is 2.72. The Labute approximate surface area is 92.3 Å². The Morgan fingerprint density at radius 3 is 1.93 bits per heavy atom. The lowest BCUT2D eigenvalue weighted by Crippen LogP contribution is -2.58. The van der Waals surface area contributed by atoms with Gasteiger partial charge in [-0.1, -0.05) is 27.7 Å². The Morgan fingerprint density at radius 1 is 1.13 bits per heavy atom. The number of ketones is 2. The van der Waals surface area contributed by atoms with Gasteiger partial charge in [0.15, 0.2) is 8.32 Å². The van der Waals surface area contributed by atoms with Crippen molar-refractivity contribution in [3.05, 3.63) is 0 Å². The lowest BCUT2D eigenvalue weighted by atomic mass is 9.81. The summed E-state index contributed by atoms with van der Waals surface area (Å²) in [6.45, 7) is 12.3. The predicted octanol–water partition coefficient (Wildman–Crippen LogP) is 2.16. The van der Waals surface area contributed by atoms with Crippen LogP contribution in [0, 0.1) is 5.92 Å². The molecule has 4 heteroatoms. The molecule has 0 aromatic heterocycles. The molecule has 0 bridgehead atoms. The largest absolute Gasteiger partial charge is 0.406 e. The van der Waals surface area contributed by atoms with Crippen molar-refractivity contribution < 1.29 is 14.0 Å². The number of carbonyl (C=O) groups excluding carboxylic acids is 2. The average Bonchev–Trinajstić information content (AvgIpc) is 2.10. The minimum Gasteiger partial charge on any atom is -0.406 e. The van der Waals surface area contributed by atoms with Gasteiger partial charge in [0.05, 0.1) is 5.92 Å². The first kappa shape index (κ1) is 12.6. The first-order valence-electron chi connectivity index (χ1n) is 5.34. The van der Waals surface area contributed by atoms with Gasteiger partial charge in [-0.25, -0.2) is 0 Å². The fourth-order valence-electron chi connectivity index (χ4n) is 1.28. The fraction of sp³-hybridized carbons (Fsp3) is 0.818. The van der Waals surface area contributed by atoms with E-state index in [-0.39, 0.29) is 22.5 Å². The van der Waals surface area contributed by atoms with Crippen molar-refractivity contribution in [3.63, 3.8) is 0 Å². The summed E-state index contributed by atoms with van der Waals surface area (Å²) in [5, 5.41) is 0.0750. The minimum absolute atomic E-state index is 0.0750. The van der Waals surface area contributed by atoms with Crippen LogP contribution in [-0.2, 0) is 14.0 Å². The summed E-state index contributed by atoms with van der Waals surface area (Å²) in [5.41, 5.74) is 0. The van der Waals surface area contributed by atoms with Gasteiger partial charge in [0.2, 0.25) is 11.6 Å². The van der Waals surface area contributed by atoms with Gasteiger partial charge in [-0.3, -0.25) is 9.59 Å². The Hall–Kier alpha value is -0.483. The molecule has 15 heavy (non-hydrogen) atoms. The van der Waals surface area contributed by atoms with Crippen LogP contribution in [0.1, 0.15) is 27.7 Å². The third-order valence-electron chi connectivity index (χ3n) is 3.60. The molecule has 1 aliphatic rings. The highest BCUT2D eigenvalue weighted by atomic mass is 28.4. The second-order valence-corrected chi connectivity index (χ2v) is 10.6. The lowest BCUT2D eigenvalue weighted by molar-refractivity contribution is -0.156. The van der Waals surface area contributed by atoms with Gasteiger partial charge in [-0.15, -0.1) is 0 Å². The zero-order chi connectivity index (χ0) is 12.0. The topological polar surface area (TPSA) is 43.4 Å². The molecule has 0 amide bonds. The molecule has 1 rings (SSSR count). The van der Waals surface area contributed by atoms with Crippen LogP contribution < -0.4 is 0 Å². The first-order chi connectivity index (χ1) is 6.58. The summed E-state index contributed by atoms with van der Waals surface area (Å²) in [6.07, 6.45) is -0.474. The summed E-state index contributed by atoms with van der Waals surface area (Å²) in [7, 11) is -1.92. The molecular formula is C11H20O3Si. The Kier molecular flexibility index (Phi) is 2.96. The van der Waals surface area contributed by atoms with Crippen molar-refractivity contribution in [2.24, 2.45) is 5.92 Å². The summed E-state index contributed by atoms with van der Waals surface area (Å²) < 4.78 is 5.90. The number of hydrogen-bond donors (Lipinski definition) is 0. The predicted molar refractivity (Wildman–Crippen MR) is 61.2 cm³/mol. The molecule has 1 saturated carbocycles. The summed E-state index contributed by atoms with van der Waals surface area (Å²) >= 11 is 0. The van der Waals surface area contributed by atoms with E-state index in [4.69, 9.17) is 4.43 Å². The normalized spacial score (nSPS) is 27.9. The van der Waals surface area contributed by atoms with E-state index >= 15 is 0 Å². The Bertz CT molecular complexity index is 301. The quantitative estimate of drug-likeness (QED) is 0.537. The molecule has 0 aliphatic heterocycles. The van der Waals surface area contributed by atoms with Crippen LogP contribution in [0.15, 0.2) is 0 Å². The third kappa shape index (κ3) is 2.06. The van der Waals surface area contributed by atoms with Crippen molar-refractivity contribution in [2.75, 3.05) is 0 Å². The number of rotatable bonds is 2. The van der Waals surface area contributed by atoms with E-state index in [1.807, 2.05) is 0 Å². The zero-order valence-corrected chi connectivity index (χ0v) is 11.4. The number of Topliss-reactive ketones (excluding diaryl/α,β-unsaturated/α-hetero) is 2. The molecule has 0 spiro atoms. The maximum Gasteiger partial charge on any atom is 0.226 e. The van der Waals surface area contributed by atoms with E-state index in [1.54, 1.807) is 6.92 Å². The van der Waals surface area contributed by atoms with Gasteiger partial charge in [-0.05, 0) is 18.1 Å². The molecular weight excluding hydrogens is 208 g/mol. The lowest BCUT2D eigenvalue weighted by Gasteiger charge is -2.42. The van der Waals surface area contributed by atoms with E-state index < -0.39 is 14.4 Å². The van der Waals surface area contributed by atoms with Crippen LogP contribution >= 0.6 is 0 Å². The molecule has 0 aromatic carbocycles. The number of carbonyl (C=O) groups is 2. The molecule has 1 fully saturated rings. The van der Waals surface area contributed by atoms with Crippen LogP contribution in [0.5, 0.6) is 0 Å². The zero-order valence-electron chi connectivity index (χ0n) is 10.4. The van der Waals surface area contributed by atoms with Crippen molar-refractivity contribution in [2.45, 2.75) is 51.9 Å². The molecule has 86 valence electrons. The van der Waals surface area contributed by atoms with Gasteiger partial charge >= 0.3 is 0 Å². The van der Waals surface area contributed by atoms with Crippen molar-refractivity contribution in [1.82, 2.24) is 0 Å². The van der Waals surface area contributed by atoms with E-state index in [9.17, 15) is 9.59 Å². The number of hydrogen-bond acceptors (Lipinski definition) is 3. The fourth-order valence-corrected chi connectivity index (χ4v) is 2.58. The molecule has 2 atom stereocenters. The Morgan fingerprint density at radius 2 is 1.60 bits per heavy atom. The van der Waals surface area contributed by atoms with E-state index in [0.717, 1.165) is 0 Å². The average molecular weight is 228 g/mol. The van der Waals surface area contributed by atoms with Crippen LogP contribution in [0.4, 0.5) is 0 Å². The summed E-state index contributed by atoms with van der Waals surface area (Å²) in [5.74, 6) is -0.863. The molecule has 0 aromatic rings. The van der Waals surface area contributed by atoms with E-state index in [2.05, 4.69) is 33.9 Å². The van der Waals surface area contributed by atoms with E-state index in [1.165, 1.54) is 0 Å². The SMILES string of the molecule is CC1C(=O)C(=O)C1O[Si](C)(C)C(C)(C)C. The van der Waals surface area contributed by atoms with Gasteiger partial charge in [0, 0.05) is 0 Å². The highest BCUT2D eigenvalue weighted by Crippen LogP contribution is 2.39. The third-order valence-corrected chi connectivity index (χ3v) is 8.05. The van der Waals surface area contributed by atoms with Crippen LogP contribution in [0.2, 0.25) is 18.1 Å². The molecule has 2 unspecified atom stereocenters. The maximum absolute atomic E-state index is 11.3. The molecule has 0 radical (unpaired) electrons. The molecule has 1 aliphatic carbocycles. The van der Waals surface area contributed by atoms with Gasteiger partial charge in [0.1, 0.15) is 6.10 Å². The molecule has 3 nitrogen and oxygen atoms in total. The summed E-state index contributed by atoms with van der Waals surface area (Å²) in [6, 6.07) is 0. The van der Waals surface area contributed by atoms with Crippen molar-refractivity contribution in [1.29, 1.82) is 0 Å². The monoisotopic (exact) mass is 228 g/mol. The first-order valence-corrected chi connectivity index (χ1v) is 8.24. The summed E-state index contributed by atoms with van der Waals surface area (Å²) in [4.78, 5) is 22.4. The second-order valence-electron chi connectivity index (χ2n) is 5.82. The molecule has 0 saturated heterocycles. The highest BCUT2D eigenvalue weighted by Gasteiger charge is 2.51. The van der Waals surface area contributed by atoms with Crippen LogP contribution in [0.3, 0.4) is 0 Å². The maximum atomic E-state index is 11.3. The standard InChI is InChI=1S/C11H20O3Si/c1-7-8(12)9(13)10(7)14-15(5,6)11(2,3)4/h7,10H,1-6H3. The van der Waals surface area contributed by atoms with Crippen molar-refractivity contribution in [3.8, 4) is 0 Å². The highest BCUT2D eigenvalue weighted by molar-refractivity contribution is 6.74. The van der Waals surface area contributed by atoms with Gasteiger partial charge in [0.25, 0.3) is 0 Å². The minimum atomic E-state index is -1.92. The second kappa shape index (κ2) is 3.52.